The minimum atomic E-state index is -0.295. The molecule has 10 heteroatoms. The molecule has 2 amide bonds. The van der Waals surface area contributed by atoms with Crippen molar-refractivity contribution in [2.75, 3.05) is 17.6 Å². The first-order chi connectivity index (χ1) is 13.1. The molecular formula is C17H16BrN5O2S2. The molecule has 7 nitrogen and oxygen atoms in total. The van der Waals surface area contributed by atoms with Gasteiger partial charge in [0.2, 0.25) is 17.0 Å². The van der Waals surface area contributed by atoms with Crippen LogP contribution in [-0.4, -0.2) is 39.3 Å². The number of aromatic nitrogens is 3. The number of rotatable bonds is 8. The Balaban J connectivity index is 1.39. The van der Waals surface area contributed by atoms with Gasteiger partial charge < -0.3 is 10.6 Å². The van der Waals surface area contributed by atoms with Crippen LogP contribution in [0, 0.1) is 0 Å². The van der Waals surface area contributed by atoms with Gasteiger partial charge in [-0.25, -0.2) is 4.98 Å². The summed E-state index contributed by atoms with van der Waals surface area (Å²) in [7, 11) is 0. The molecule has 0 spiro atoms. The SMILES string of the molecule is O=C(CSc1n[nH]c(Cc2cccs2)n1)NCC(=O)Nc1ccccc1Br. The van der Waals surface area contributed by atoms with Crippen LogP contribution in [0.4, 0.5) is 5.69 Å². The number of hydrogen-bond donors (Lipinski definition) is 3. The smallest absolute Gasteiger partial charge is 0.243 e. The minimum absolute atomic E-state index is 0.0989. The Labute approximate surface area is 172 Å². The average Bonchev–Trinajstić information content (AvgIpc) is 3.33. The monoisotopic (exact) mass is 465 g/mol. The lowest BCUT2D eigenvalue weighted by molar-refractivity contribution is -0.122. The summed E-state index contributed by atoms with van der Waals surface area (Å²) < 4.78 is 0.781. The van der Waals surface area contributed by atoms with E-state index < -0.39 is 0 Å². The summed E-state index contributed by atoms with van der Waals surface area (Å²) in [4.78, 5) is 29.4. The third-order valence-corrected chi connectivity index (χ3v) is 5.77. The van der Waals surface area contributed by atoms with E-state index in [1.54, 1.807) is 17.4 Å². The number of H-pyrrole nitrogens is 1. The van der Waals surface area contributed by atoms with Gasteiger partial charge in [-0.15, -0.1) is 16.4 Å². The summed E-state index contributed by atoms with van der Waals surface area (Å²) in [5.74, 6) is 0.343. The summed E-state index contributed by atoms with van der Waals surface area (Å²) >= 11 is 6.23. The van der Waals surface area contributed by atoms with Gasteiger partial charge in [-0.1, -0.05) is 30.0 Å². The molecule has 2 heterocycles. The number of amides is 2. The highest BCUT2D eigenvalue weighted by molar-refractivity contribution is 9.10. The van der Waals surface area contributed by atoms with Crippen LogP contribution in [0.15, 0.2) is 51.4 Å². The molecule has 0 saturated heterocycles. The number of thiophene rings is 1. The number of carbonyl (C=O) groups excluding carboxylic acids is 2. The number of hydrogen-bond acceptors (Lipinski definition) is 6. The number of carbonyl (C=O) groups is 2. The third-order valence-electron chi connectivity index (χ3n) is 3.36. The molecule has 0 fully saturated rings. The number of nitrogens with zero attached hydrogens (tertiary/aromatic N) is 2. The summed E-state index contributed by atoms with van der Waals surface area (Å²) in [6.07, 6.45) is 0.687. The van der Waals surface area contributed by atoms with Crippen molar-refractivity contribution >= 4 is 56.5 Å². The van der Waals surface area contributed by atoms with E-state index in [0.717, 1.165) is 10.3 Å². The lowest BCUT2D eigenvalue weighted by atomic mass is 10.3. The highest BCUT2D eigenvalue weighted by atomic mass is 79.9. The first-order valence-electron chi connectivity index (χ1n) is 7.97. The minimum Gasteiger partial charge on any atom is -0.346 e. The second-order valence-corrected chi connectivity index (χ2v) is 8.24. The summed E-state index contributed by atoms with van der Waals surface area (Å²) in [5, 5.41) is 14.8. The lowest BCUT2D eigenvalue weighted by Gasteiger charge is -2.08. The number of benzene rings is 1. The molecule has 0 saturated carbocycles. The lowest BCUT2D eigenvalue weighted by Crippen LogP contribution is -2.33. The largest absolute Gasteiger partial charge is 0.346 e. The van der Waals surface area contributed by atoms with Gasteiger partial charge in [0.05, 0.1) is 18.0 Å². The molecule has 3 rings (SSSR count). The van der Waals surface area contributed by atoms with Gasteiger partial charge in [-0.3, -0.25) is 14.7 Å². The van der Waals surface area contributed by atoms with Crippen molar-refractivity contribution in [1.82, 2.24) is 20.5 Å². The third kappa shape index (κ3) is 6.19. The molecule has 0 aliphatic carbocycles. The highest BCUT2D eigenvalue weighted by Crippen LogP contribution is 2.21. The standard InChI is InChI=1S/C17H16BrN5O2S2/c18-12-5-1-2-6-13(12)20-15(24)9-19-16(25)10-27-17-21-14(22-23-17)8-11-4-3-7-26-11/h1-7H,8-10H2,(H,19,25)(H,20,24)(H,21,22,23). The van der Waals surface area contributed by atoms with Crippen LogP contribution in [0.25, 0.3) is 0 Å². The van der Waals surface area contributed by atoms with Crippen molar-refractivity contribution in [3.63, 3.8) is 0 Å². The van der Waals surface area contributed by atoms with Gasteiger partial charge in [0.15, 0.2) is 0 Å². The van der Waals surface area contributed by atoms with Crippen LogP contribution < -0.4 is 10.6 Å². The van der Waals surface area contributed by atoms with E-state index >= 15 is 0 Å². The van der Waals surface area contributed by atoms with E-state index in [4.69, 9.17) is 0 Å². The first kappa shape index (κ1) is 19.6. The van der Waals surface area contributed by atoms with Crippen LogP contribution in [0.5, 0.6) is 0 Å². The molecule has 2 aromatic heterocycles. The van der Waals surface area contributed by atoms with E-state index in [2.05, 4.69) is 41.7 Å². The molecule has 1 aromatic carbocycles. The van der Waals surface area contributed by atoms with Crippen LogP contribution in [0.3, 0.4) is 0 Å². The number of aromatic amines is 1. The van der Waals surface area contributed by atoms with Gasteiger partial charge in [-0.2, -0.15) is 0 Å². The topological polar surface area (TPSA) is 99.8 Å². The Bertz CT molecular complexity index is 914. The van der Waals surface area contributed by atoms with Gasteiger partial charge in [0.1, 0.15) is 5.82 Å². The normalized spacial score (nSPS) is 10.6. The molecule has 140 valence electrons. The van der Waals surface area contributed by atoms with E-state index in [9.17, 15) is 9.59 Å². The summed E-state index contributed by atoms with van der Waals surface area (Å²) in [5.41, 5.74) is 0.658. The fourth-order valence-corrected chi connectivity index (χ4v) is 3.86. The maximum atomic E-state index is 11.9. The molecule has 0 aliphatic rings. The Hall–Kier alpha value is -2.17. The van der Waals surface area contributed by atoms with Crippen LogP contribution in [0.1, 0.15) is 10.7 Å². The fraction of sp³-hybridized carbons (Fsp3) is 0.176. The van der Waals surface area contributed by atoms with E-state index in [0.29, 0.717) is 17.3 Å². The summed E-state index contributed by atoms with van der Waals surface area (Å²) in [6.45, 7) is -0.0989. The van der Waals surface area contributed by atoms with Crippen LogP contribution in [-0.2, 0) is 16.0 Å². The maximum absolute atomic E-state index is 11.9. The summed E-state index contributed by atoms with van der Waals surface area (Å²) in [6, 6.07) is 11.3. The molecule has 3 N–H and O–H groups in total. The predicted octanol–water partition coefficient (Wildman–Crippen LogP) is 3.07. The molecule has 0 atom stereocenters. The number of halogens is 1. The zero-order chi connectivity index (χ0) is 19.1. The van der Waals surface area contributed by atoms with Crippen molar-refractivity contribution in [2.24, 2.45) is 0 Å². The Morgan fingerprint density at radius 2 is 2.04 bits per heavy atom. The van der Waals surface area contributed by atoms with Crippen molar-refractivity contribution in [3.8, 4) is 0 Å². The van der Waals surface area contributed by atoms with Crippen molar-refractivity contribution in [1.29, 1.82) is 0 Å². The number of para-hydroxylation sites is 1. The zero-order valence-corrected chi connectivity index (χ0v) is 17.3. The van der Waals surface area contributed by atoms with Crippen molar-refractivity contribution in [2.45, 2.75) is 11.6 Å². The van der Waals surface area contributed by atoms with Crippen molar-refractivity contribution < 1.29 is 9.59 Å². The second kappa shape index (κ2) is 9.67. The molecular weight excluding hydrogens is 450 g/mol. The predicted molar refractivity (Wildman–Crippen MR) is 110 cm³/mol. The quantitative estimate of drug-likeness (QED) is 0.443. The first-order valence-corrected chi connectivity index (χ1v) is 10.6. The number of anilines is 1. The molecule has 27 heavy (non-hydrogen) atoms. The van der Waals surface area contributed by atoms with Crippen LogP contribution >= 0.6 is 39.0 Å². The average molecular weight is 466 g/mol. The van der Waals surface area contributed by atoms with Gasteiger partial charge in [-0.05, 0) is 39.5 Å². The van der Waals surface area contributed by atoms with Gasteiger partial charge in [0, 0.05) is 15.8 Å². The van der Waals surface area contributed by atoms with E-state index in [1.165, 1.54) is 16.6 Å². The number of thioether (sulfide) groups is 1. The number of nitrogens with one attached hydrogen (secondary N) is 3. The molecule has 0 unspecified atom stereocenters. The second-order valence-electron chi connectivity index (χ2n) is 5.41. The highest BCUT2D eigenvalue weighted by Gasteiger charge is 2.10. The van der Waals surface area contributed by atoms with E-state index in [-0.39, 0.29) is 24.1 Å². The molecule has 3 aromatic rings. The molecule has 0 radical (unpaired) electrons. The maximum Gasteiger partial charge on any atom is 0.243 e. The van der Waals surface area contributed by atoms with Crippen molar-refractivity contribution in [3.05, 3.63) is 57.0 Å². The molecule has 0 bridgehead atoms. The van der Waals surface area contributed by atoms with Crippen LogP contribution in [0.2, 0.25) is 0 Å². The van der Waals surface area contributed by atoms with Gasteiger partial charge in [0.25, 0.3) is 0 Å². The Morgan fingerprint density at radius 3 is 2.81 bits per heavy atom. The van der Waals surface area contributed by atoms with E-state index in [1.807, 2.05) is 35.7 Å². The zero-order valence-electron chi connectivity index (χ0n) is 14.1. The fourth-order valence-electron chi connectivity index (χ4n) is 2.12. The Morgan fingerprint density at radius 1 is 1.19 bits per heavy atom. The van der Waals surface area contributed by atoms with Gasteiger partial charge >= 0.3 is 0 Å². The molecule has 0 aliphatic heterocycles. The Kier molecular flexibility index (Phi) is 7.02.